The van der Waals surface area contributed by atoms with Crippen LogP contribution in [0.1, 0.15) is 24.8 Å². The fourth-order valence-corrected chi connectivity index (χ4v) is 2.05. The molecule has 0 radical (unpaired) electrons. The van der Waals surface area contributed by atoms with Gasteiger partial charge in [0.1, 0.15) is 4.99 Å². The predicted octanol–water partition coefficient (Wildman–Crippen LogP) is 1.74. The van der Waals surface area contributed by atoms with Crippen LogP contribution in [0.3, 0.4) is 0 Å². The van der Waals surface area contributed by atoms with E-state index < -0.39 is 0 Å². The number of hydrogen-bond donors (Lipinski definition) is 2. The highest BCUT2D eigenvalue weighted by Crippen LogP contribution is 2.25. The Balaban J connectivity index is 1.79. The van der Waals surface area contributed by atoms with E-state index in [9.17, 15) is 4.79 Å². The van der Waals surface area contributed by atoms with Crippen molar-refractivity contribution in [2.24, 2.45) is 5.73 Å². The molecule has 19 heavy (non-hydrogen) atoms. The Morgan fingerprint density at radius 1 is 1.42 bits per heavy atom. The number of carbonyl (C=O) groups is 1. The predicted molar refractivity (Wildman–Crippen MR) is 81.2 cm³/mol. The average molecular weight is 277 g/mol. The van der Waals surface area contributed by atoms with Gasteiger partial charge in [0, 0.05) is 30.3 Å². The van der Waals surface area contributed by atoms with Gasteiger partial charge < -0.3 is 16.0 Å². The van der Waals surface area contributed by atoms with E-state index in [0.29, 0.717) is 17.5 Å². The lowest BCUT2D eigenvalue weighted by atomic mass is 10.2. The summed E-state index contributed by atoms with van der Waals surface area (Å²) in [6.45, 7) is 0.807. The average Bonchev–Trinajstić information content (AvgIpc) is 3.21. The van der Waals surface area contributed by atoms with Crippen LogP contribution >= 0.6 is 12.2 Å². The Hall–Kier alpha value is -1.46. The first-order valence-corrected chi connectivity index (χ1v) is 6.87. The lowest BCUT2D eigenvalue weighted by Gasteiger charge is -2.15. The number of carbonyl (C=O) groups excluding carboxylic acids is 1. The highest BCUT2D eigenvalue weighted by atomic mass is 32.1. The van der Waals surface area contributed by atoms with E-state index in [1.165, 1.54) is 12.8 Å². The van der Waals surface area contributed by atoms with Crippen molar-refractivity contribution < 1.29 is 4.79 Å². The van der Waals surface area contributed by atoms with E-state index in [0.717, 1.165) is 17.8 Å². The third-order valence-corrected chi connectivity index (χ3v) is 3.55. The minimum Gasteiger partial charge on any atom is -0.389 e. The molecule has 1 aliphatic rings. The summed E-state index contributed by atoms with van der Waals surface area (Å²) in [5, 5.41) is 2.87. The SMILES string of the molecule is CN(CCC(=O)Nc1ccc(C(N)=S)cc1)C1CC1. The molecule has 0 bridgehead atoms. The second-order valence-corrected chi connectivity index (χ2v) is 5.39. The Labute approximate surface area is 119 Å². The van der Waals surface area contributed by atoms with Crippen molar-refractivity contribution >= 4 is 28.8 Å². The maximum absolute atomic E-state index is 11.8. The first-order chi connectivity index (χ1) is 9.06. The molecular weight excluding hydrogens is 258 g/mol. The summed E-state index contributed by atoms with van der Waals surface area (Å²) in [7, 11) is 2.07. The molecule has 0 aromatic heterocycles. The van der Waals surface area contributed by atoms with Crippen molar-refractivity contribution in [3.8, 4) is 0 Å². The van der Waals surface area contributed by atoms with E-state index in [-0.39, 0.29) is 5.91 Å². The molecule has 1 aromatic carbocycles. The lowest BCUT2D eigenvalue weighted by molar-refractivity contribution is -0.116. The molecule has 2 rings (SSSR count). The molecule has 0 saturated heterocycles. The molecule has 0 spiro atoms. The minimum atomic E-state index is 0.0376. The van der Waals surface area contributed by atoms with E-state index in [2.05, 4.69) is 17.3 Å². The first-order valence-electron chi connectivity index (χ1n) is 6.46. The van der Waals surface area contributed by atoms with Crippen LogP contribution in [0.15, 0.2) is 24.3 Å². The van der Waals surface area contributed by atoms with Gasteiger partial charge in [0.2, 0.25) is 5.91 Å². The van der Waals surface area contributed by atoms with Gasteiger partial charge in [-0.05, 0) is 44.2 Å². The van der Waals surface area contributed by atoms with Crippen LogP contribution in [-0.4, -0.2) is 35.4 Å². The zero-order chi connectivity index (χ0) is 13.8. The largest absolute Gasteiger partial charge is 0.389 e. The van der Waals surface area contributed by atoms with Gasteiger partial charge in [-0.1, -0.05) is 12.2 Å². The van der Waals surface area contributed by atoms with Gasteiger partial charge in [-0.2, -0.15) is 0 Å². The number of anilines is 1. The number of hydrogen-bond acceptors (Lipinski definition) is 3. The molecule has 1 amide bonds. The van der Waals surface area contributed by atoms with E-state index in [1.54, 1.807) is 0 Å². The third-order valence-electron chi connectivity index (χ3n) is 3.31. The first kappa shape index (κ1) is 14.0. The number of nitrogens with one attached hydrogen (secondary N) is 1. The normalized spacial score (nSPS) is 14.4. The monoisotopic (exact) mass is 277 g/mol. The van der Waals surface area contributed by atoms with Gasteiger partial charge in [0.25, 0.3) is 0 Å². The molecule has 1 saturated carbocycles. The molecule has 0 aliphatic heterocycles. The number of nitrogens with zero attached hydrogens (tertiary/aromatic N) is 1. The summed E-state index contributed by atoms with van der Waals surface area (Å²) in [5.74, 6) is 0.0376. The fraction of sp³-hybridized carbons (Fsp3) is 0.429. The summed E-state index contributed by atoms with van der Waals surface area (Å²) < 4.78 is 0. The molecule has 0 unspecified atom stereocenters. The lowest BCUT2D eigenvalue weighted by Crippen LogP contribution is -2.26. The van der Waals surface area contributed by atoms with Crippen LogP contribution in [0.25, 0.3) is 0 Å². The van der Waals surface area contributed by atoms with Crippen molar-refractivity contribution in [3.05, 3.63) is 29.8 Å². The molecule has 102 valence electrons. The number of thiocarbonyl (C=S) groups is 1. The topological polar surface area (TPSA) is 58.4 Å². The minimum absolute atomic E-state index is 0.0376. The van der Waals surface area contributed by atoms with E-state index in [1.807, 2.05) is 24.3 Å². The summed E-state index contributed by atoms with van der Waals surface area (Å²) in [6.07, 6.45) is 3.04. The zero-order valence-corrected chi connectivity index (χ0v) is 11.9. The molecule has 1 aromatic rings. The van der Waals surface area contributed by atoms with Crippen molar-refractivity contribution in [1.82, 2.24) is 4.90 Å². The van der Waals surface area contributed by atoms with Gasteiger partial charge in [0.05, 0.1) is 0 Å². The number of benzene rings is 1. The maximum Gasteiger partial charge on any atom is 0.225 e. The Morgan fingerprint density at radius 2 is 2.05 bits per heavy atom. The molecule has 0 atom stereocenters. The second-order valence-electron chi connectivity index (χ2n) is 4.95. The van der Waals surface area contributed by atoms with Gasteiger partial charge in [0.15, 0.2) is 0 Å². The van der Waals surface area contributed by atoms with Crippen LogP contribution in [0, 0.1) is 0 Å². The Morgan fingerprint density at radius 3 is 2.58 bits per heavy atom. The van der Waals surface area contributed by atoms with Gasteiger partial charge in [-0.25, -0.2) is 0 Å². The van der Waals surface area contributed by atoms with Crippen molar-refractivity contribution in [1.29, 1.82) is 0 Å². The summed E-state index contributed by atoms with van der Waals surface area (Å²) >= 11 is 4.88. The molecular formula is C14H19N3OS. The van der Waals surface area contributed by atoms with E-state index in [4.69, 9.17) is 18.0 Å². The smallest absolute Gasteiger partial charge is 0.225 e. The molecule has 5 heteroatoms. The van der Waals surface area contributed by atoms with Gasteiger partial charge in [-0.3, -0.25) is 4.79 Å². The second kappa shape index (κ2) is 6.12. The van der Waals surface area contributed by atoms with Gasteiger partial charge in [-0.15, -0.1) is 0 Å². The number of rotatable bonds is 6. The molecule has 3 N–H and O–H groups in total. The van der Waals surface area contributed by atoms with Crippen LogP contribution in [-0.2, 0) is 4.79 Å². The zero-order valence-electron chi connectivity index (χ0n) is 11.1. The van der Waals surface area contributed by atoms with Crippen LogP contribution < -0.4 is 11.1 Å². The fourth-order valence-electron chi connectivity index (χ4n) is 1.92. The summed E-state index contributed by atoms with van der Waals surface area (Å²) in [6, 6.07) is 7.95. The highest BCUT2D eigenvalue weighted by molar-refractivity contribution is 7.80. The number of amides is 1. The third kappa shape index (κ3) is 4.29. The standard InChI is InChI=1S/C14H19N3OS/c1-17(12-6-7-12)9-8-13(18)16-11-4-2-10(3-5-11)14(15)19/h2-5,12H,6-9H2,1H3,(H2,15,19)(H,16,18). The van der Waals surface area contributed by atoms with Gasteiger partial charge >= 0.3 is 0 Å². The Kier molecular flexibility index (Phi) is 4.50. The van der Waals surface area contributed by atoms with Crippen molar-refractivity contribution in [2.45, 2.75) is 25.3 Å². The molecule has 4 nitrogen and oxygen atoms in total. The van der Waals surface area contributed by atoms with E-state index >= 15 is 0 Å². The van der Waals surface area contributed by atoms with Crippen LogP contribution in [0.4, 0.5) is 5.69 Å². The van der Waals surface area contributed by atoms with Crippen LogP contribution in [0.5, 0.6) is 0 Å². The maximum atomic E-state index is 11.8. The van der Waals surface area contributed by atoms with Crippen molar-refractivity contribution in [2.75, 3.05) is 18.9 Å². The molecule has 0 heterocycles. The summed E-state index contributed by atoms with van der Waals surface area (Å²) in [4.78, 5) is 14.4. The van der Waals surface area contributed by atoms with Crippen molar-refractivity contribution in [3.63, 3.8) is 0 Å². The Bertz CT molecular complexity index is 468. The molecule has 1 aliphatic carbocycles. The van der Waals surface area contributed by atoms with Crippen LogP contribution in [0.2, 0.25) is 0 Å². The highest BCUT2D eigenvalue weighted by Gasteiger charge is 2.25. The summed E-state index contributed by atoms with van der Waals surface area (Å²) in [5.41, 5.74) is 7.10. The quantitative estimate of drug-likeness (QED) is 0.778. The number of nitrogens with two attached hydrogens (primary N) is 1. The molecule has 1 fully saturated rings.